The molecule has 0 unspecified atom stereocenters. The maximum atomic E-state index is 12.8. The third kappa shape index (κ3) is 4.93. The number of aliphatic imine (C=N–C) groups is 1. The molecular formula is C20H22BrClN2O. The standard InChI is InChI=1S/C20H21ClN2O.BrH/c1-15-6-2-3-7-18(15)23(20-8-4-5-13-22-20)14-19(24)16-9-11-17(21)12-10-16;/h2-3,6-7,9-12H,4-5,8,13-14H2,1H3;1H. The molecule has 3 nitrogen and oxygen atoms in total. The first kappa shape index (κ1) is 19.7. The van der Waals surface area contributed by atoms with Gasteiger partial charge in [0.1, 0.15) is 5.84 Å². The number of benzene rings is 2. The van der Waals surface area contributed by atoms with Gasteiger partial charge in [-0.05, 0) is 55.7 Å². The van der Waals surface area contributed by atoms with Crippen LogP contribution >= 0.6 is 28.6 Å². The minimum absolute atomic E-state index is 0. The molecule has 0 N–H and O–H groups in total. The van der Waals surface area contributed by atoms with Gasteiger partial charge in [-0.2, -0.15) is 0 Å². The van der Waals surface area contributed by atoms with Crippen molar-refractivity contribution in [2.45, 2.75) is 26.2 Å². The van der Waals surface area contributed by atoms with E-state index in [0.717, 1.165) is 42.9 Å². The molecule has 132 valence electrons. The number of carbonyl (C=O) groups excluding carboxylic acids is 1. The summed E-state index contributed by atoms with van der Waals surface area (Å²) < 4.78 is 0. The fourth-order valence-electron chi connectivity index (χ4n) is 2.95. The van der Waals surface area contributed by atoms with Crippen LogP contribution < -0.4 is 4.90 Å². The van der Waals surface area contributed by atoms with E-state index in [4.69, 9.17) is 11.6 Å². The Morgan fingerprint density at radius 1 is 1.12 bits per heavy atom. The Morgan fingerprint density at radius 2 is 1.84 bits per heavy atom. The second kappa shape index (κ2) is 9.16. The van der Waals surface area contributed by atoms with Crippen molar-refractivity contribution in [2.24, 2.45) is 4.99 Å². The van der Waals surface area contributed by atoms with Crippen LogP contribution in [0.1, 0.15) is 35.2 Å². The molecule has 5 heteroatoms. The zero-order valence-corrected chi connectivity index (χ0v) is 16.7. The zero-order chi connectivity index (χ0) is 16.9. The van der Waals surface area contributed by atoms with Crippen LogP contribution in [0.15, 0.2) is 53.5 Å². The molecule has 0 saturated heterocycles. The molecule has 25 heavy (non-hydrogen) atoms. The third-order valence-electron chi connectivity index (χ3n) is 4.29. The lowest BCUT2D eigenvalue weighted by Gasteiger charge is -2.29. The SMILES string of the molecule is Br.Cc1ccccc1N(CC(=O)c1ccc(Cl)cc1)C1=NCCCC1. The molecule has 0 saturated carbocycles. The molecule has 3 rings (SSSR count). The van der Waals surface area contributed by atoms with Crippen molar-refractivity contribution in [1.82, 2.24) is 0 Å². The van der Waals surface area contributed by atoms with Gasteiger partial charge in [-0.15, -0.1) is 17.0 Å². The molecule has 0 atom stereocenters. The van der Waals surface area contributed by atoms with Gasteiger partial charge in [-0.3, -0.25) is 9.79 Å². The number of hydrogen-bond acceptors (Lipinski definition) is 3. The average molecular weight is 422 g/mol. The minimum atomic E-state index is 0. The average Bonchev–Trinajstić information content (AvgIpc) is 2.61. The van der Waals surface area contributed by atoms with Crippen molar-refractivity contribution in [3.8, 4) is 0 Å². The first-order valence-corrected chi connectivity index (χ1v) is 8.68. The molecule has 0 aliphatic carbocycles. The number of hydrogen-bond donors (Lipinski definition) is 0. The minimum Gasteiger partial charge on any atom is -0.322 e. The topological polar surface area (TPSA) is 32.7 Å². The van der Waals surface area contributed by atoms with Crippen LogP contribution in [-0.4, -0.2) is 24.7 Å². The number of para-hydroxylation sites is 1. The van der Waals surface area contributed by atoms with E-state index in [2.05, 4.69) is 28.9 Å². The van der Waals surface area contributed by atoms with Crippen molar-refractivity contribution in [1.29, 1.82) is 0 Å². The Morgan fingerprint density at radius 3 is 2.48 bits per heavy atom. The summed E-state index contributed by atoms with van der Waals surface area (Å²) in [5.41, 5.74) is 2.88. The van der Waals surface area contributed by atoms with Gasteiger partial charge >= 0.3 is 0 Å². The van der Waals surface area contributed by atoms with Crippen LogP contribution in [0.25, 0.3) is 0 Å². The van der Waals surface area contributed by atoms with Crippen molar-refractivity contribution in [2.75, 3.05) is 18.0 Å². The summed E-state index contributed by atoms with van der Waals surface area (Å²) in [5.74, 6) is 1.08. The number of nitrogens with zero attached hydrogens (tertiary/aromatic N) is 2. The number of rotatable bonds is 4. The van der Waals surface area contributed by atoms with Crippen LogP contribution in [0.4, 0.5) is 5.69 Å². The summed E-state index contributed by atoms with van der Waals surface area (Å²) in [6, 6.07) is 15.2. The van der Waals surface area contributed by atoms with Gasteiger partial charge in [0.2, 0.25) is 0 Å². The molecule has 0 amide bonds. The van der Waals surface area contributed by atoms with Crippen LogP contribution in [0, 0.1) is 6.92 Å². The molecule has 2 aromatic carbocycles. The summed E-state index contributed by atoms with van der Waals surface area (Å²) in [5, 5.41) is 0.638. The van der Waals surface area contributed by atoms with Gasteiger partial charge in [0, 0.05) is 29.2 Å². The summed E-state index contributed by atoms with van der Waals surface area (Å²) >= 11 is 5.92. The molecule has 1 aliphatic heterocycles. The highest BCUT2D eigenvalue weighted by Crippen LogP contribution is 2.23. The van der Waals surface area contributed by atoms with Gasteiger partial charge in [0.25, 0.3) is 0 Å². The van der Waals surface area contributed by atoms with E-state index in [0.29, 0.717) is 17.1 Å². The van der Waals surface area contributed by atoms with Crippen LogP contribution in [-0.2, 0) is 0 Å². The summed E-state index contributed by atoms with van der Waals surface area (Å²) in [6.45, 7) is 3.21. The van der Waals surface area contributed by atoms with Gasteiger partial charge in [0.15, 0.2) is 5.78 Å². The molecular weight excluding hydrogens is 400 g/mol. The fraction of sp³-hybridized carbons (Fsp3) is 0.300. The number of ketones is 1. The quantitative estimate of drug-likeness (QED) is 0.611. The Labute approximate surface area is 164 Å². The summed E-state index contributed by atoms with van der Waals surface area (Å²) in [4.78, 5) is 19.5. The zero-order valence-electron chi connectivity index (χ0n) is 14.2. The highest BCUT2D eigenvalue weighted by atomic mass is 79.9. The predicted molar refractivity (Wildman–Crippen MR) is 111 cm³/mol. The molecule has 0 aromatic heterocycles. The van der Waals surface area contributed by atoms with Gasteiger partial charge in [-0.1, -0.05) is 29.8 Å². The fourth-order valence-corrected chi connectivity index (χ4v) is 3.08. The van der Waals surface area contributed by atoms with Crippen LogP contribution in [0.3, 0.4) is 0 Å². The lowest BCUT2D eigenvalue weighted by Crippen LogP contribution is -2.37. The normalized spacial score (nSPS) is 13.6. The number of anilines is 1. The van der Waals surface area contributed by atoms with E-state index in [9.17, 15) is 4.79 Å². The Hall–Kier alpha value is -1.65. The van der Waals surface area contributed by atoms with E-state index in [1.165, 1.54) is 0 Å². The summed E-state index contributed by atoms with van der Waals surface area (Å²) in [7, 11) is 0. The molecule has 1 aliphatic rings. The Bertz CT molecular complexity index is 759. The molecule has 0 fully saturated rings. The number of Topliss-reactive ketones (excluding diaryl/α,β-unsaturated/α-hetero) is 1. The Kier molecular flexibility index (Phi) is 7.21. The van der Waals surface area contributed by atoms with E-state index >= 15 is 0 Å². The van der Waals surface area contributed by atoms with E-state index in [-0.39, 0.29) is 22.8 Å². The predicted octanol–water partition coefficient (Wildman–Crippen LogP) is 5.50. The van der Waals surface area contributed by atoms with E-state index < -0.39 is 0 Å². The first-order valence-electron chi connectivity index (χ1n) is 8.30. The van der Waals surface area contributed by atoms with E-state index in [1.54, 1.807) is 24.3 Å². The highest BCUT2D eigenvalue weighted by molar-refractivity contribution is 8.93. The van der Waals surface area contributed by atoms with Crippen molar-refractivity contribution in [3.63, 3.8) is 0 Å². The molecule has 1 heterocycles. The first-order chi connectivity index (χ1) is 11.6. The lowest BCUT2D eigenvalue weighted by atomic mass is 10.1. The molecule has 2 aromatic rings. The lowest BCUT2D eigenvalue weighted by molar-refractivity contribution is 0.100. The highest BCUT2D eigenvalue weighted by Gasteiger charge is 2.21. The number of halogens is 2. The Balaban J connectivity index is 0.00000225. The van der Waals surface area contributed by atoms with Crippen molar-refractivity contribution < 1.29 is 4.79 Å². The third-order valence-corrected chi connectivity index (χ3v) is 4.54. The molecule has 0 spiro atoms. The molecule has 0 radical (unpaired) electrons. The monoisotopic (exact) mass is 420 g/mol. The van der Waals surface area contributed by atoms with E-state index in [1.807, 2.05) is 12.1 Å². The smallest absolute Gasteiger partial charge is 0.182 e. The second-order valence-corrected chi connectivity index (χ2v) is 6.49. The maximum Gasteiger partial charge on any atom is 0.182 e. The second-order valence-electron chi connectivity index (χ2n) is 6.06. The number of carbonyl (C=O) groups is 1. The maximum absolute atomic E-state index is 12.8. The van der Waals surface area contributed by atoms with Gasteiger partial charge in [0.05, 0.1) is 6.54 Å². The summed E-state index contributed by atoms with van der Waals surface area (Å²) in [6.07, 6.45) is 3.16. The van der Waals surface area contributed by atoms with Crippen molar-refractivity contribution >= 4 is 45.9 Å². The largest absolute Gasteiger partial charge is 0.322 e. The van der Waals surface area contributed by atoms with Crippen LogP contribution in [0.2, 0.25) is 5.02 Å². The van der Waals surface area contributed by atoms with Gasteiger partial charge < -0.3 is 4.90 Å². The van der Waals surface area contributed by atoms with Crippen molar-refractivity contribution in [3.05, 3.63) is 64.7 Å². The number of aryl methyl sites for hydroxylation is 1. The number of amidine groups is 1. The van der Waals surface area contributed by atoms with Gasteiger partial charge in [-0.25, -0.2) is 0 Å². The van der Waals surface area contributed by atoms with Crippen LogP contribution in [0.5, 0.6) is 0 Å². The molecule has 0 bridgehead atoms.